The molecular weight excluding hydrogens is 276 g/mol. The predicted molar refractivity (Wildman–Crippen MR) is 75.4 cm³/mol. The van der Waals surface area contributed by atoms with Crippen LogP contribution in [-0.4, -0.2) is 22.0 Å². The minimum Gasteiger partial charge on any atom is -0.354 e. The molecule has 2 heterocycles. The van der Waals surface area contributed by atoms with Crippen molar-refractivity contribution in [2.45, 2.75) is 24.8 Å². The lowest BCUT2D eigenvalue weighted by molar-refractivity contribution is -0.119. The van der Waals surface area contributed by atoms with Gasteiger partial charge in [-0.3, -0.25) is 4.79 Å². The van der Waals surface area contributed by atoms with E-state index < -0.39 is 0 Å². The first-order valence-electron chi connectivity index (χ1n) is 6.43. The Kier molecular flexibility index (Phi) is 3.11. The first kappa shape index (κ1) is 12.9. The molecule has 6 heteroatoms. The first-order valence-corrected chi connectivity index (χ1v) is 6.86. The van der Waals surface area contributed by atoms with Crippen LogP contribution in [-0.2, 0) is 4.79 Å². The molecule has 1 N–H and O–H groups in total. The van der Waals surface area contributed by atoms with E-state index in [1.54, 1.807) is 12.1 Å². The van der Waals surface area contributed by atoms with Gasteiger partial charge in [0.05, 0.1) is 34.1 Å². The van der Waals surface area contributed by atoms with Gasteiger partial charge in [0, 0.05) is 13.0 Å². The summed E-state index contributed by atoms with van der Waals surface area (Å²) in [6, 6.07) is 7.48. The number of hydrogen-bond donors (Lipinski definition) is 1. The maximum atomic E-state index is 11.5. The van der Waals surface area contributed by atoms with Crippen LogP contribution in [0, 0.1) is 11.3 Å². The number of nitriles is 1. The molecule has 5 nitrogen and oxygen atoms in total. The Morgan fingerprint density at radius 3 is 3.00 bits per heavy atom. The summed E-state index contributed by atoms with van der Waals surface area (Å²) in [6.07, 6.45) is 0.416. The molecule has 0 saturated carbocycles. The maximum Gasteiger partial charge on any atom is 0.222 e. The van der Waals surface area contributed by atoms with Crippen molar-refractivity contribution < 1.29 is 4.79 Å². The molecule has 0 radical (unpaired) electrons. The van der Waals surface area contributed by atoms with Gasteiger partial charge in [0.15, 0.2) is 0 Å². The van der Waals surface area contributed by atoms with Crippen LogP contribution in [0.5, 0.6) is 0 Å². The lowest BCUT2D eigenvalue weighted by Gasteiger charge is -2.16. The van der Waals surface area contributed by atoms with Crippen LogP contribution in [0.1, 0.15) is 36.2 Å². The lowest BCUT2D eigenvalue weighted by Crippen LogP contribution is -2.17. The van der Waals surface area contributed by atoms with E-state index in [9.17, 15) is 4.79 Å². The van der Waals surface area contributed by atoms with E-state index in [1.807, 2.05) is 17.6 Å². The highest BCUT2D eigenvalue weighted by Gasteiger charge is 2.28. The number of carbonyl (C=O) groups excluding carboxylic acids is 1. The second-order valence-electron chi connectivity index (χ2n) is 4.93. The molecule has 0 aliphatic carbocycles. The number of halogens is 1. The number of imidazole rings is 1. The average Bonchev–Trinajstić information content (AvgIpc) is 3.00. The summed E-state index contributed by atoms with van der Waals surface area (Å²) in [5, 5.41) is 11.6. The van der Waals surface area contributed by atoms with Crippen LogP contribution in [0.4, 0.5) is 0 Å². The number of fused-ring (bicyclic) bond motifs is 1. The summed E-state index contributed by atoms with van der Waals surface area (Å²) in [4.78, 5) is 16.0. The number of rotatable bonds is 2. The van der Waals surface area contributed by atoms with E-state index in [1.165, 1.54) is 0 Å². The van der Waals surface area contributed by atoms with E-state index >= 15 is 0 Å². The number of amides is 1. The minimum atomic E-state index is -0.261. The number of nitrogens with zero attached hydrogens (tertiary/aromatic N) is 3. The number of nitrogens with one attached hydrogen (secondary N) is 1. The van der Waals surface area contributed by atoms with Gasteiger partial charge in [-0.25, -0.2) is 4.98 Å². The zero-order valence-electron chi connectivity index (χ0n) is 10.9. The molecule has 1 aliphatic heterocycles. The molecule has 2 unspecified atom stereocenters. The van der Waals surface area contributed by atoms with E-state index in [-0.39, 0.29) is 17.3 Å². The van der Waals surface area contributed by atoms with Crippen molar-refractivity contribution in [1.29, 1.82) is 5.26 Å². The molecule has 1 aromatic carbocycles. The second-order valence-corrected chi connectivity index (χ2v) is 5.59. The normalized spacial score (nSPS) is 19.9. The SMILES string of the molecule is CC(Cl)c1nc2ccc(C#N)cc2n1C1CNC(=O)C1. The first-order chi connectivity index (χ1) is 9.60. The molecule has 0 spiro atoms. The lowest BCUT2D eigenvalue weighted by atomic mass is 10.2. The van der Waals surface area contributed by atoms with Gasteiger partial charge in [-0.2, -0.15) is 5.26 Å². The summed E-state index contributed by atoms with van der Waals surface area (Å²) < 4.78 is 1.99. The van der Waals surface area contributed by atoms with Crippen LogP contribution < -0.4 is 5.32 Å². The third-order valence-electron chi connectivity index (χ3n) is 3.52. The maximum absolute atomic E-state index is 11.5. The third-order valence-corrected chi connectivity index (χ3v) is 3.72. The molecule has 1 aromatic heterocycles. The molecule has 0 bridgehead atoms. The Balaban J connectivity index is 2.22. The second kappa shape index (κ2) is 4.80. The number of hydrogen-bond acceptors (Lipinski definition) is 3. The van der Waals surface area contributed by atoms with Gasteiger partial charge in [0.1, 0.15) is 5.82 Å². The van der Waals surface area contributed by atoms with Crippen molar-refractivity contribution in [2.75, 3.05) is 6.54 Å². The van der Waals surface area contributed by atoms with Crippen LogP contribution in [0.2, 0.25) is 0 Å². The van der Waals surface area contributed by atoms with Gasteiger partial charge >= 0.3 is 0 Å². The zero-order valence-corrected chi connectivity index (χ0v) is 11.7. The number of alkyl halides is 1. The van der Waals surface area contributed by atoms with Gasteiger partial charge in [-0.1, -0.05) is 0 Å². The summed E-state index contributed by atoms with van der Waals surface area (Å²) in [7, 11) is 0. The molecule has 2 aromatic rings. The van der Waals surface area contributed by atoms with Crippen molar-refractivity contribution in [3.63, 3.8) is 0 Å². The summed E-state index contributed by atoms with van der Waals surface area (Å²) in [5.41, 5.74) is 2.23. The third kappa shape index (κ3) is 2.02. The Morgan fingerprint density at radius 2 is 2.40 bits per heavy atom. The monoisotopic (exact) mass is 288 g/mol. The Bertz CT molecular complexity index is 729. The van der Waals surface area contributed by atoms with Crippen LogP contribution in [0.3, 0.4) is 0 Å². The minimum absolute atomic E-state index is 0.00218. The molecule has 1 aliphatic rings. The van der Waals surface area contributed by atoms with Crippen molar-refractivity contribution in [2.24, 2.45) is 0 Å². The zero-order chi connectivity index (χ0) is 14.3. The topological polar surface area (TPSA) is 70.7 Å². The number of benzene rings is 1. The van der Waals surface area contributed by atoms with Crippen molar-refractivity contribution in [1.82, 2.24) is 14.9 Å². The van der Waals surface area contributed by atoms with E-state index in [0.717, 1.165) is 16.9 Å². The fourth-order valence-electron chi connectivity index (χ4n) is 2.62. The average molecular weight is 289 g/mol. The molecule has 20 heavy (non-hydrogen) atoms. The Labute approximate surface area is 121 Å². The van der Waals surface area contributed by atoms with Crippen LogP contribution in [0.25, 0.3) is 11.0 Å². The van der Waals surface area contributed by atoms with E-state index in [4.69, 9.17) is 16.9 Å². The van der Waals surface area contributed by atoms with Gasteiger partial charge in [0.25, 0.3) is 0 Å². The molecule has 1 saturated heterocycles. The highest BCUT2D eigenvalue weighted by atomic mass is 35.5. The van der Waals surface area contributed by atoms with E-state index in [2.05, 4.69) is 16.4 Å². The number of aromatic nitrogens is 2. The molecule has 102 valence electrons. The molecule has 2 atom stereocenters. The Hall–Kier alpha value is -2.06. The van der Waals surface area contributed by atoms with Gasteiger partial charge < -0.3 is 9.88 Å². The standard InChI is InChI=1S/C14H13ClN4O/c1-8(15)14-18-11-3-2-9(6-16)4-12(11)19(14)10-5-13(20)17-7-10/h2-4,8,10H,5,7H2,1H3,(H,17,20). The molecule has 3 rings (SSSR count). The van der Waals surface area contributed by atoms with Crippen molar-refractivity contribution in [3.05, 3.63) is 29.6 Å². The van der Waals surface area contributed by atoms with Gasteiger partial charge in [-0.05, 0) is 25.1 Å². The van der Waals surface area contributed by atoms with E-state index in [0.29, 0.717) is 18.5 Å². The van der Waals surface area contributed by atoms with Crippen molar-refractivity contribution in [3.8, 4) is 6.07 Å². The molecule has 1 fully saturated rings. The summed E-state index contributed by atoms with van der Waals surface area (Å²) in [5.74, 6) is 0.764. The number of carbonyl (C=O) groups is 1. The Morgan fingerprint density at radius 1 is 1.60 bits per heavy atom. The highest BCUT2D eigenvalue weighted by molar-refractivity contribution is 6.20. The van der Waals surface area contributed by atoms with Crippen LogP contribution >= 0.6 is 11.6 Å². The molecule has 1 amide bonds. The van der Waals surface area contributed by atoms with Gasteiger partial charge in [0.2, 0.25) is 5.91 Å². The summed E-state index contributed by atoms with van der Waals surface area (Å²) in [6.45, 7) is 2.42. The van der Waals surface area contributed by atoms with Crippen molar-refractivity contribution >= 4 is 28.5 Å². The largest absolute Gasteiger partial charge is 0.354 e. The smallest absolute Gasteiger partial charge is 0.222 e. The van der Waals surface area contributed by atoms with Gasteiger partial charge in [-0.15, -0.1) is 11.6 Å². The van der Waals surface area contributed by atoms with Crippen LogP contribution in [0.15, 0.2) is 18.2 Å². The fraction of sp³-hybridized carbons (Fsp3) is 0.357. The highest BCUT2D eigenvalue weighted by Crippen LogP contribution is 2.31. The quantitative estimate of drug-likeness (QED) is 0.862. The fourth-order valence-corrected chi connectivity index (χ4v) is 2.77. The molecular formula is C14H13ClN4O. The predicted octanol–water partition coefficient (Wildman–Crippen LogP) is 2.27. The summed E-state index contributed by atoms with van der Waals surface area (Å²) >= 11 is 6.21.